The first-order valence-corrected chi connectivity index (χ1v) is 11.9. The third kappa shape index (κ3) is 4.59. The Morgan fingerprint density at radius 3 is 2.62 bits per heavy atom. The van der Waals surface area contributed by atoms with Gasteiger partial charge in [0.1, 0.15) is 5.75 Å². The van der Waals surface area contributed by atoms with Crippen molar-refractivity contribution in [3.8, 4) is 5.75 Å². The quantitative estimate of drug-likeness (QED) is 0.475. The highest BCUT2D eigenvalue weighted by Gasteiger charge is 2.35. The van der Waals surface area contributed by atoms with Gasteiger partial charge in [-0.1, -0.05) is 41.9 Å². The fourth-order valence-electron chi connectivity index (χ4n) is 4.81. The standard InChI is InChI=1S/C27H26ClN3O3/c1-17-26(32)31(24-11-4-7-18-6-2-3-10-23(18)24)16-19-14-22(12-13-25(19)34-17)30-27(33)29-21-9-5-8-20(28)15-21/h2-3,5-6,8-10,12-15,17,24H,4,7,11,16H2,1H3,(H2,29,30,33)/t17-,24+/m0/s1. The largest absolute Gasteiger partial charge is 0.481 e. The number of aryl methyl sites for hydroxylation is 1. The van der Waals surface area contributed by atoms with E-state index in [-0.39, 0.29) is 18.0 Å². The molecule has 174 valence electrons. The summed E-state index contributed by atoms with van der Waals surface area (Å²) in [5.74, 6) is 0.638. The number of halogens is 1. The summed E-state index contributed by atoms with van der Waals surface area (Å²) < 4.78 is 6.01. The molecule has 5 rings (SSSR count). The molecule has 0 saturated carbocycles. The van der Waals surface area contributed by atoms with Crippen molar-refractivity contribution < 1.29 is 14.3 Å². The number of anilines is 2. The maximum atomic E-state index is 13.3. The van der Waals surface area contributed by atoms with Crippen molar-refractivity contribution >= 4 is 34.9 Å². The summed E-state index contributed by atoms with van der Waals surface area (Å²) in [6.45, 7) is 2.21. The van der Waals surface area contributed by atoms with E-state index in [9.17, 15) is 9.59 Å². The van der Waals surface area contributed by atoms with Crippen LogP contribution >= 0.6 is 11.6 Å². The number of hydrogen-bond acceptors (Lipinski definition) is 3. The fourth-order valence-corrected chi connectivity index (χ4v) is 5.00. The van der Waals surface area contributed by atoms with Crippen LogP contribution in [0.1, 0.15) is 42.5 Å². The predicted octanol–water partition coefficient (Wildman–Crippen LogP) is 6.17. The minimum Gasteiger partial charge on any atom is -0.481 e. The molecule has 3 amide bonds. The molecule has 0 fully saturated rings. The number of nitrogens with zero attached hydrogens (tertiary/aromatic N) is 1. The third-order valence-electron chi connectivity index (χ3n) is 6.39. The molecule has 6 nitrogen and oxygen atoms in total. The van der Waals surface area contributed by atoms with Gasteiger partial charge in [-0.3, -0.25) is 4.79 Å². The van der Waals surface area contributed by atoms with E-state index in [1.165, 1.54) is 11.1 Å². The van der Waals surface area contributed by atoms with Gasteiger partial charge >= 0.3 is 6.03 Å². The SMILES string of the molecule is C[C@@H]1Oc2ccc(NC(=O)Nc3cccc(Cl)c3)cc2CN([C@@H]2CCCc3ccccc32)C1=O. The highest BCUT2D eigenvalue weighted by molar-refractivity contribution is 6.30. The number of urea groups is 1. The molecule has 1 aliphatic heterocycles. The molecule has 0 bridgehead atoms. The summed E-state index contributed by atoms with van der Waals surface area (Å²) in [5, 5.41) is 6.18. The van der Waals surface area contributed by atoms with Crippen LogP contribution in [0.2, 0.25) is 5.02 Å². The molecule has 7 heteroatoms. The number of ether oxygens (including phenoxy) is 1. The van der Waals surface area contributed by atoms with Crippen LogP contribution in [-0.2, 0) is 17.8 Å². The average molecular weight is 476 g/mol. The van der Waals surface area contributed by atoms with Crippen LogP contribution in [0.5, 0.6) is 5.75 Å². The van der Waals surface area contributed by atoms with Gasteiger partial charge in [0.05, 0.1) is 12.6 Å². The molecule has 0 aromatic heterocycles. The molecule has 3 aromatic carbocycles. The monoisotopic (exact) mass is 475 g/mol. The number of benzene rings is 3. The number of nitrogens with one attached hydrogen (secondary N) is 2. The number of fused-ring (bicyclic) bond motifs is 2. The molecule has 1 heterocycles. The van der Waals surface area contributed by atoms with E-state index < -0.39 is 6.10 Å². The lowest BCUT2D eigenvalue weighted by atomic mass is 9.86. The van der Waals surface area contributed by atoms with Gasteiger partial charge in [-0.15, -0.1) is 0 Å². The second-order valence-corrected chi connectivity index (χ2v) is 9.18. The maximum absolute atomic E-state index is 13.3. The Hall–Kier alpha value is -3.51. The molecule has 0 radical (unpaired) electrons. The van der Waals surface area contributed by atoms with Crippen molar-refractivity contribution in [1.29, 1.82) is 0 Å². The lowest BCUT2D eigenvalue weighted by Crippen LogP contribution is -2.41. The third-order valence-corrected chi connectivity index (χ3v) is 6.63. The first kappa shape index (κ1) is 22.3. The Balaban J connectivity index is 1.39. The van der Waals surface area contributed by atoms with Crippen LogP contribution in [0, 0.1) is 0 Å². The zero-order valence-corrected chi connectivity index (χ0v) is 19.6. The first-order valence-electron chi connectivity index (χ1n) is 11.5. The van der Waals surface area contributed by atoms with E-state index in [4.69, 9.17) is 16.3 Å². The predicted molar refractivity (Wildman–Crippen MR) is 133 cm³/mol. The van der Waals surface area contributed by atoms with Gasteiger partial charge in [0, 0.05) is 22.0 Å². The summed E-state index contributed by atoms with van der Waals surface area (Å²) in [4.78, 5) is 27.8. The van der Waals surface area contributed by atoms with Crippen molar-refractivity contribution in [3.05, 3.63) is 88.4 Å². The van der Waals surface area contributed by atoms with Crippen molar-refractivity contribution in [2.24, 2.45) is 0 Å². The van der Waals surface area contributed by atoms with Gasteiger partial charge < -0.3 is 20.3 Å². The van der Waals surface area contributed by atoms with Gasteiger partial charge in [-0.05, 0) is 73.7 Å². The van der Waals surface area contributed by atoms with Crippen LogP contribution in [0.4, 0.5) is 16.2 Å². The molecule has 34 heavy (non-hydrogen) atoms. The lowest BCUT2D eigenvalue weighted by molar-refractivity contribution is -0.140. The Morgan fingerprint density at radius 1 is 1.00 bits per heavy atom. The Kier molecular flexibility index (Phi) is 6.16. The highest BCUT2D eigenvalue weighted by atomic mass is 35.5. The van der Waals surface area contributed by atoms with Crippen molar-refractivity contribution in [3.63, 3.8) is 0 Å². The number of carbonyl (C=O) groups excluding carboxylic acids is 2. The van der Waals surface area contributed by atoms with Gasteiger partial charge in [0.2, 0.25) is 0 Å². The van der Waals surface area contributed by atoms with Crippen LogP contribution in [0.15, 0.2) is 66.7 Å². The lowest BCUT2D eigenvalue weighted by Gasteiger charge is -2.35. The Morgan fingerprint density at radius 2 is 1.79 bits per heavy atom. The highest BCUT2D eigenvalue weighted by Crippen LogP contribution is 2.38. The molecule has 1 aliphatic carbocycles. The van der Waals surface area contributed by atoms with E-state index >= 15 is 0 Å². The average Bonchev–Trinajstić information content (AvgIpc) is 2.94. The minimum absolute atomic E-state index is 0.0113. The zero-order valence-electron chi connectivity index (χ0n) is 18.9. The topological polar surface area (TPSA) is 70.7 Å². The molecule has 2 aliphatic rings. The van der Waals surface area contributed by atoms with Crippen LogP contribution < -0.4 is 15.4 Å². The molecular weight excluding hydrogens is 450 g/mol. The molecule has 2 N–H and O–H groups in total. The minimum atomic E-state index is -0.583. The number of amides is 3. The molecule has 0 spiro atoms. The summed E-state index contributed by atoms with van der Waals surface area (Å²) in [6, 6.07) is 20.4. The van der Waals surface area contributed by atoms with E-state index in [0.29, 0.717) is 28.7 Å². The molecule has 3 aromatic rings. The summed E-state index contributed by atoms with van der Waals surface area (Å²) >= 11 is 6.00. The van der Waals surface area contributed by atoms with E-state index in [0.717, 1.165) is 24.8 Å². The molecule has 2 atom stereocenters. The van der Waals surface area contributed by atoms with Crippen molar-refractivity contribution in [2.45, 2.75) is 44.9 Å². The van der Waals surface area contributed by atoms with E-state index in [1.54, 1.807) is 37.3 Å². The number of hydrogen-bond donors (Lipinski definition) is 2. The molecule has 0 unspecified atom stereocenters. The zero-order chi connectivity index (χ0) is 23.7. The summed E-state index contributed by atoms with van der Waals surface area (Å²) in [6.07, 6.45) is 2.41. The molecular formula is C27H26ClN3O3. The van der Waals surface area contributed by atoms with Gasteiger partial charge in [-0.25, -0.2) is 4.79 Å². The van der Waals surface area contributed by atoms with Crippen molar-refractivity contribution in [1.82, 2.24) is 4.90 Å². The van der Waals surface area contributed by atoms with Crippen LogP contribution in [-0.4, -0.2) is 22.9 Å². The number of rotatable bonds is 3. The fraction of sp³-hybridized carbons (Fsp3) is 0.259. The van der Waals surface area contributed by atoms with E-state index in [1.807, 2.05) is 23.1 Å². The smallest absolute Gasteiger partial charge is 0.323 e. The van der Waals surface area contributed by atoms with Crippen LogP contribution in [0.25, 0.3) is 0 Å². The van der Waals surface area contributed by atoms with Gasteiger partial charge in [-0.2, -0.15) is 0 Å². The van der Waals surface area contributed by atoms with Gasteiger partial charge in [0.15, 0.2) is 6.10 Å². The molecule has 0 saturated heterocycles. The van der Waals surface area contributed by atoms with Crippen LogP contribution in [0.3, 0.4) is 0 Å². The maximum Gasteiger partial charge on any atom is 0.323 e. The van der Waals surface area contributed by atoms with Crippen molar-refractivity contribution in [2.75, 3.05) is 10.6 Å². The van der Waals surface area contributed by atoms with E-state index in [2.05, 4.69) is 28.8 Å². The van der Waals surface area contributed by atoms with Gasteiger partial charge in [0.25, 0.3) is 5.91 Å². The second kappa shape index (κ2) is 9.39. The first-order chi connectivity index (χ1) is 16.5. The Labute approximate surface area is 203 Å². The number of carbonyl (C=O) groups is 2. The summed E-state index contributed by atoms with van der Waals surface area (Å²) in [5.41, 5.74) is 4.60. The second-order valence-electron chi connectivity index (χ2n) is 8.75. The Bertz CT molecular complexity index is 1250. The summed E-state index contributed by atoms with van der Waals surface area (Å²) in [7, 11) is 0. The normalized spacial score (nSPS) is 19.4.